The Kier molecular flexibility index (Phi) is 3.44. The van der Waals surface area contributed by atoms with E-state index in [1.54, 1.807) is 30.3 Å². The summed E-state index contributed by atoms with van der Waals surface area (Å²) in [5.41, 5.74) is 7.72. The van der Waals surface area contributed by atoms with Gasteiger partial charge in [-0.2, -0.15) is 0 Å². The zero-order valence-electron chi connectivity index (χ0n) is 9.71. The second-order valence-electron chi connectivity index (χ2n) is 3.91. The molecule has 0 unspecified atom stereocenters. The lowest BCUT2D eigenvalue weighted by Crippen LogP contribution is -1.93. The molecule has 90 valence electrons. The fourth-order valence-corrected chi connectivity index (χ4v) is 1.50. The Labute approximate surface area is 105 Å². The average Bonchev–Trinajstić information content (AvgIpc) is 2.38. The van der Waals surface area contributed by atoms with Crippen LogP contribution >= 0.6 is 0 Å². The van der Waals surface area contributed by atoms with Crippen LogP contribution in [0.3, 0.4) is 0 Å². The van der Waals surface area contributed by atoms with Crippen LogP contribution in [0.2, 0.25) is 0 Å². The van der Waals surface area contributed by atoms with Crippen LogP contribution in [-0.4, -0.2) is 10.9 Å². The zero-order valence-corrected chi connectivity index (χ0v) is 9.71. The number of carbonyl (C=O) groups excluding carboxylic acids is 1. The van der Waals surface area contributed by atoms with Crippen LogP contribution in [-0.2, 0) is 0 Å². The second kappa shape index (κ2) is 5.19. The predicted octanol–water partition coefficient (Wildman–Crippen LogP) is 2.87. The molecule has 0 radical (unpaired) electrons. The summed E-state index contributed by atoms with van der Waals surface area (Å²) < 4.78 is 0. The van der Waals surface area contributed by atoms with Crippen molar-refractivity contribution in [3.8, 4) is 5.75 Å². The van der Waals surface area contributed by atoms with Crippen molar-refractivity contribution in [3.63, 3.8) is 0 Å². The fraction of sp³-hybridized carbons (Fsp3) is 0. The molecule has 18 heavy (non-hydrogen) atoms. The van der Waals surface area contributed by atoms with Crippen LogP contribution in [0.4, 0.5) is 5.69 Å². The molecule has 0 amide bonds. The summed E-state index contributed by atoms with van der Waals surface area (Å²) in [6, 6.07) is 13.4. The van der Waals surface area contributed by atoms with Crippen molar-refractivity contribution in [2.45, 2.75) is 0 Å². The molecule has 0 aliphatic carbocycles. The van der Waals surface area contributed by atoms with Gasteiger partial charge in [-0.1, -0.05) is 18.2 Å². The summed E-state index contributed by atoms with van der Waals surface area (Å²) in [6.07, 6.45) is 3.23. The number of hydrogen-bond donors (Lipinski definition) is 2. The molecule has 3 nitrogen and oxygen atoms in total. The summed E-state index contributed by atoms with van der Waals surface area (Å²) in [5.74, 6) is 0.0425. The number of nitrogens with two attached hydrogens (primary N) is 1. The molecule has 0 saturated heterocycles. The first kappa shape index (κ1) is 11.9. The van der Waals surface area contributed by atoms with Gasteiger partial charge in [-0.3, -0.25) is 4.79 Å². The van der Waals surface area contributed by atoms with Gasteiger partial charge < -0.3 is 10.8 Å². The highest BCUT2D eigenvalue weighted by molar-refractivity contribution is 6.06. The van der Waals surface area contributed by atoms with Crippen molar-refractivity contribution < 1.29 is 9.90 Å². The molecular weight excluding hydrogens is 226 g/mol. The van der Waals surface area contributed by atoms with E-state index in [0.717, 1.165) is 5.56 Å². The molecule has 0 heterocycles. The van der Waals surface area contributed by atoms with E-state index in [1.165, 1.54) is 18.2 Å². The minimum Gasteiger partial charge on any atom is -0.508 e. The first-order valence-electron chi connectivity index (χ1n) is 5.52. The molecule has 0 aromatic heterocycles. The van der Waals surface area contributed by atoms with Gasteiger partial charge in [0.2, 0.25) is 0 Å². The monoisotopic (exact) mass is 239 g/mol. The van der Waals surface area contributed by atoms with Crippen LogP contribution < -0.4 is 5.73 Å². The highest BCUT2D eigenvalue weighted by Gasteiger charge is 2.00. The Morgan fingerprint density at radius 3 is 2.22 bits per heavy atom. The van der Waals surface area contributed by atoms with Gasteiger partial charge in [0.1, 0.15) is 5.75 Å². The van der Waals surface area contributed by atoms with Crippen LogP contribution in [0.15, 0.2) is 54.6 Å². The molecule has 0 aliphatic rings. The third kappa shape index (κ3) is 2.98. The normalized spacial score (nSPS) is 10.7. The SMILES string of the molecule is Nc1ccc(/C=C\C(=O)c2ccc(O)cc2)cc1. The van der Waals surface area contributed by atoms with E-state index < -0.39 is 0 Å². The van der Waals surface area contributed by atoms with E-state index in [-0.39, 0.29) is 11.5 Å². The minimum absolute atomic E-state index is 0.105. The maximum atomic E-state index is 11.8. The Balaban J connectivity index is 2.11. The number of ketones is 1. The summed E-state index contributed by atoms with van der Waals surface area (Å²) in [6.45, 7) is 0. The van der Waals surface area contributed by atoms with Crippen molar-refractivity contribution >= 4 is 17.5 Å². The van der Waals surface area contributed by atoms with Gasteiger partial charge in [0, 0.05) is 11.3 Å². The van der Waals surface area contributed by atoms with E-state index in [1.807, 2.05) is 12.1 Å². The summed E-state index contributed by atoms with van der Waals surface area (Å²) in [4.78, 5) is 11.8. The summed E-state index contributed by atoms with van der Waals surface area (Å²) in [7, 11) is 0. The van der Waals surface area contributed by atoms with Crippen molar-refractivity contribution in [1.29, 1.82) is 0 Å². The molecule has 2 aromatic carbocycles. The Morgan fingerprint density at radius 2 is 1.61 bits per heavy atom. The number of phenolic OH excluding ortho intramolecular Hbond substituents is 1. The molecule has 3 N–H and O–H groups in total. The van der Waals surface area contributed by atoms with Crippen LogP contribution in [0, 0.1) is 0 Å². The van der Waals surface area contributed by atoms with Crippen LogP contribution in [0.5, 0.6) is 5.75 Å². The first-order chi connectivity index (χ1) is 8.65. The smallest absolute Gasteiger partial charge is 0.185 e. The van der Waals surface area contributed by atoms with E-state index >= 15 is 0 Å². The van der Waals surface area contributed by atoms with E-state index in [0.29, 0.717) is 11.3 Å². The molecule has 2 aromatic rings. The number of carbonyl (C=O) groups is 1. The number of allylic oxidation sites excluding steroid dienone is 1. The van der Waals surface area contributed by atoms with E-state index in [4.69, 9.17) is 10.8 Å². The topological polar surface area (TPSA) is 63.3 Å². The molecule has 0 bridgehead atoms. The number of anilines is 1. The van der Waals surface area contributed by atoms with Gasteiger partial charge in [-0.25, -0.2) is 0 Å². The molecule has 0 fully saturated rings. The first-order valence-corrected chi connectivity index (χ1v) is 5.52. The second-order valence-corrected chi connectivity index (χ2v) is 3.91. The average molecular weight is 239 g/mol. The maximum Gasteiger partial charge on any atom is 0.185 e. The van der Waals surface area contributed by atoms with E-state index in [9.17, 15) is 4.79 Å². The van der Waals surface area contributed by atoms with Gasteiger partial charge in [0.15, 0.2) is 5.78 Å². The number of phenols is 1. The number of nitrogen functional groups attached to an aromatic ring is 1. The van der Waals surface area contributed by atoms with Crippen LogP contribution in [0.1, 0.15) is 15.9 Å². The molecular formula is C15H13NO2. The third-order valence-corrected chi connectivity index (χ3v) is 2.52. The highest BCUT2D eigenvalue weighted by Crippen LogP contribution is 2.12. The van der Waals surface area contributed by atoms with Crippen LogP contribution in [0.25, 0.3) is 6.08 Å². The zero-order chi connectivity index (χ0) is 13.0. The number of hydrogen-bond acceptors (Lipinski definition) is 3. The minimum atomic E-state index is -0.105. The molecule has 2 rings (SSSR count). The number of benzene rings is 2. The van der Waals surface area contributed by atoms with Crippen molar-refractivity contribution in [1.82, 2.24) is 0 Å². The lowest BCUT2D eigenvalue weighted by molar-refractivity contribution is 0.104. The van der Waals surface area contributed by atoms with Gasteiger partial charge >= 0.3 is 0 Å². The molecule has 0 atom stereocenters. The number of aromatic hydroxyl groups is 1. The largest absolute Gasteiger partial charge is 0.508 e. The Hall–Kier alpha value is -2.55. The standard InChI is InChI=1S/C15H13NO2/c16-13-6-1-11(2-7-13)3-10-15(18)12-4-8-14(17)9-5-12/h1-10,17H,16H2/b10-3-. The lowest BCUT2D eigenvalue weighted by atomic mass is 10.1. The molecule has 0 saturated carbocycles. The lowest BCUT2D eigenvalue weighted by Gasteiger charge is -1.97. The Morgan fingerprint density at radius 1 is 1.00 bits per heavy atom. The van der Waals surface area contributed by atoms with Crippen molar-refractivity contribution in [2.24, 2.45) is 0 Å². The molecule has 0 spiro atoms. The fourth-order valence-electron chi connectivity index (χ4n) is 1.50. The summed E-state index contributed by atoms with van der Waals surface area (Å²) in [5, 5.41) is 9.13. The van der Waals surface area contributed by atoms with Gasteiger partial charge in [-0.15, -0.1) is 0 Å². The van der Waals surface area contributed by atoms with E-state index in [2.05, 4.69) is 0 Å². The van der Waals surface area contributed by atoms with Gasteiger partial charge in [0.25, 0.3) is 0 Å². The number of rotatable bonds is 3. The van der Waals surface area contributed by atoms with Crippen molar-refractivity contribution in [3.05, 3.63) is 65.7 Å². The molecule has 0 aliphatic heterocycles. The predicted molar refractivity (Wildman–Crippen MR) is 72.3 cm³/mol. The van der Waals surface area contributed by atoms with Gasteiger partial charge in [0.05, 0.1) is 0 Å². The van der Waals surface area contributed by atoms with Crippen molar-refractivity contribution in [2.75, 3.05) is 5.73 Å². The highest BCUT2D eigenvalue weighted by atomic mass is 16.3. The quantitative estimate of drug-likeness (QED) is 0.492. The third-order valence-electron chi connectivity index (χ3n) is 2.52. The van der Waals surface area contributed by atoms with Gasteiger partial charge in [-0.05, 0) is 48.0 Å². The Bertz CT molecular complexity index is 568. The maximum absolute atomic E-state index is 11.8. The summed E-state index contributed by atoms with van der Waals surface area (Å²) >= 11 is 0. The molecule has 3 heteroatoms.